The summed E-state index contributed by atoms with van der Waals surface area (Å²) in [5.74, 6) is 0.291. The third-order valence-electron chi connectivity index (χ3n) is 2.64. The van der Waals surface area contributed by atoms with Gasteiger partial charge >= 0.3 is 0 Å². The number of aliphatic hydroxyl groups is 1. The first-order valence-corrected chi connectivity index (χ1v) is 4.79. The van der Waals surface area contributed by atoms with Crippen LogP contribution in [0.2, 0.25) is 0 Å². The Hall–Kier alpha value is -1.09. The van der Waals surface area contributed by atoms with Crippen LogP contribution in [0.1, 0.15) is 24.0 Å². The monoisotopic (exact) mass is 196 g/mol. The topological polar surface area (TPSA) is 29.5 Å². The van der Waals surface area contributed by atoms with Gasteiger partial charge in [0.15, 0.2) is 0 Å². The molecule has 1 aromatic carbocycles. The molecule has 3 heteroatoms. The molecule has 1 N–H and O–H groups in total. The van der Waals surface area contributed by atoms with Crippen molar-refractivity contribution in [3.05, 3.63) is 29.1 Å². The molecular formula is C11H13FO2. The fraction of sp³-hybridized carbons (Fsp3) is 0.455. The standard InChI is InChI=1S/C11H13FO2/c1-7(6-13)8-2-3-10-9(11(8)12)4-5-14-10/h2-3,7,13H,4-6H2,1H3. The lowest BCUT2D eigenvalue weighted by molar-refractivity contribution is 0.270. The summed E-state index contributed by atoms with van der Waals surface area (Å²) in [4.78, 5) is 0. The van der Waals surface area contributed by atoms with E-state index in [4.69, 9.17) is 9.84 Å². The average Bonchev–Trinajstić information content (AvgIpc) is 2.66. The van der Waals surface area contributed by atoms with Gasteiger partial charge in [0.05, 0.1) is 6.61 Å². The van der Waals surface area contributed by atoms with Gasteiger partial charge in [0.25, 0.3) is 0 Å². The minimum absolute atomic E-state index is 0.0312. The quantitative estimate of drug-likeness (QED) is 0.782. The molecule has 0 bridgehead atoms. The highest BCUT2D eigenvalue weighted by Crippen LogP contribution is 2.32. The molecule has 1 unspecified atom stereocenters. The Labute approximate surface area is 82.3 Å². The Morgan fingerprint density at radius 2 is 2.36 bits per heavy atom. The van der Waals surface area contributed by atoms with E-state index in [-0.39, 0.29) is 18.3 Å². The molecular weight excluding hydrogens is 183 g/mol. The van der Waals surface area contributed by atoms with Crippen LogP contribution in [0.3, 0.4) is 0 Å². The SMILES string of the molecule is CC(CO)c1ccc2c(c1F)CCO2. The van der Waals surface area contributed by atoms with Crippen LogP contribution in [-0.2, 0) is 6.42 Å². The number of hydrogen-bond donors (Lipinski definition) is 1. The van der Waals surface area contributed by atoms with E-state index in [0.29, 0.717) is 29.9 Å². The summed E-state index contributed by atoms with van der Waals surface area (Å²) >= 11 is 0. The van der Waals surface area contributed by atoms with Crippen molar-refractivity contribution in [3.63, 3.8) is 0 Å². The molecule has 1 atom stereocenters. The summed E-state index contributed by atoms with van der Waals surface area (Å²) in [6.45, 7) is 2.33. The van der Waals surface area contributed by atoms with E-state index >= 15 is 0 Å². The van der Waals surface area contributed by atoms with Gasteiger partial charge in [-0.2, -0.15) is 0 Å². The Bertz CT molecular complexity index is 349. The predicted molar refractivity (Wildman–Crippen MR) is 51.1 cm³/mol. The van der Waals surface area contributed by atoms with Crippen LogP contribution in [0.15, 0.2) is 12.1 Å². The van der Waals surface area contributed by atoms with Crippen molar-refractivity contribution in [1.29, 1.82) is 0 Å². The number of hydrogen-bond acceptors (Lipinski definition) is 2. The van der Waals surface area contributed by atoms with Gasteiger partial charge in [-0.25, -0.2) is 4.39 Å². The zero-order valence-corrected chi connectivity index (χ0v) is 8.09. The van der Waals surface area contributed by atoms with Gasteiger partial charge in [-0.1, -0.05) is 13.0 Å². The fourth-order valence-corrected chi connectivity index (χ4v) is 1.73. The van der Waals surface area contributed by atoms with E-state index in [0.717, 1.165) is 0 Å². The predicted octanol–water partition coefficient (Wildman–Crippen LogP) is 1.86. The molecule has 0 saturated carbocycles. The van der Waals surface area contributed by atoms with Crippen molar-refractivity contribution in [2.45, 2.75) is 19.3 Å². The number of halogens is 1. The van der Waals surface area contributed by atoms with Crippen molar-refractivity contribution in [2.75, 3.05) is 13.2 Å². The van der Waals surface area contributed by atoms with E-state index in [1.54, 1.807) is 19.1 Å². The summed E-state index contributed by atoms with van der Waals surface area (Å²) in [5.41, 5.74) is 1.24. The summed E-state index contributed by atoms with van der Waals surface area (Å²) in [7, 11) is 0. The Kier molecular flexibility index (Phi) is 2.42. The van der Waals surface area contributed by atoms with Crippen molar-refractivity contribution < 1.29 is 14.2 Å². The van der Waals surface area contributed by atoms with Crippen LogP contribution >= 0.6 is 0 Å². The Balaban J connectivity index is 2.44. The van der Waals surface area contributed by atoms with Crippen molar-refractivity contribution >= 4 is 0 Å². The largest absolute Gasteiger partial charge is 0.493 e. The van der Waals surface area contributed by atoms with E-state index in [9.17, 15) is 4.39 Å². The van der Waals surface area contributed by atoms with Gasteiger partial charge in [0.2, 0.25) is 0 Å². The normalized spacial score (nSPS) is 16.2. The second-order valence-electron chi connectivity index (χ2n) is 3.63. The maximum atomic E-state index is 13.8. The Morgan fingerprint density at radius 3 is 3.07 bits per heavy atom. The highest BCUT2D eigenvalue weighted by molar-refractivity contribution is 5.42. The molecule has 76 valence electrons. The summed E-state index contributed by atoms with van der Waals surface area (Å²) < 4.78 is 19.1. The van der Waals surface area contributed by atoms with Gasteiger partial charge in [-0.05, 0) is 11.6 Å². The highest BCUT2D eigenvalue weighted by Gasteiger charge is 2.21. The highest BCUT2D eigenvalue weighted by atomic mass is 19.1. The van der Waals surface area contributed by atoms with E-state index < -0.39 is 0 Å². The third kappa shape index (κ3) is 1.38. The molecule has 0 aromatic heterocycles. The van der Waals surface area contributed by atoms with Gasteiger partial charge in [-0.15, -0.1) is 0 Å². The third-order valence-corrected chi connectivity index (χ3v) is 2.64. The van der Waals surface area contributed by atoms with Crippen LogP contribution in [0.5, 0.6) is 5.75 Å². The van der Waals surface area contributed by atoms with Crippen LogP contribution < -0.4 is 4.74 Å². The molecule has 2 rings (SSSR count). The van der Waals surface area contributed by atoms with Gasteiger partial charge in [0, 0.05) is 24.5 Å². The number of aliphatic hydroxyl groups excluding tert-OH is 1. The summed E-state index contributed by atoms with van der Waals surface area (Å²) in [6, 6.07) is 3.48. The molecule has 14 heavy (non-hydrogen) atoms. The van der Waals surface area contributed by atoms with Crippen LogP contribution in [-0.4, -0.2) is 18.3 Å². The second-order valence-corrected chi connectivity index (χ2v) is 3.63. The molecule has 0 spiro atoms. The van der Waals surface area contributed by atoms with E-state index in [1.807, 2.05) is 0 Å². The fourth-order valence-electron chi connectivity index (χ4n) is 1.73. The molecule has 0 saturated heterocycles. The average molecular weight is 196 g/mol. The number of rotatable bonds is 2. The molecule has 1 heterocycles. The van der Waals surface area contributed by atoms with Crippen LogP contribution in [0, 0.1) is 5.82 Å². The van der Waals surface area contributed by atoms with Crippen molar-refractivity contribution in [3.8, 4) is 5.75 Å². The van der Waals surface area contributed by atoms with Gasteiger partial charge in [0.1, 0.15) is 11.6 Å². The maximum absolute atomic E-state index is 13.8. The van der Waals surface area contributed by atoms with Crippen molar-refractivity contribution in [1.82, 2.24) is 0 Å². The molecule has 2 nitrogen and oxygen atoms in total. The lowest BCUT2D eigenvalue weighted by Crippen LogP contribution is -2.03. The van der Waals surface area contributed by atoms with E-state index in [1.165, 1.54) is 0 Å². The number of benzene rings is 1. The number of fused-ring (bicyclic) bond motifs is 1. The molecule has 0 amide bonds. The summed E-state index contributed by atoms with van der Waals surface area (Å²) in [5, 5.41) is 8.96. The van der Waals surface area contributed by atoms with Crippen LogP contribution in [0.4, 0.5) is 4.39 Å². The zero-order valence-electron chi connectivity index (χ0n) is 8.09. The zero-order chi connectivity index (χ0) is 10.1. The van der Waals surface area contributed by atoms with Gasteiger partial charge in [-0.3, -0.25) is 0 Å². The first-order valence-electron chi connectivity index (χ1n) is 4.79. The summed E-state index contributed by atoms with van der Waals surface area (Å²) in [6.07, 6.45) is 0.632. The molecule has 0 aliphatic carbocycles. The lowest BCUT2D eigenvalue weighted by atomic mass is 9.98. The molecule has 0 fully saturated rings. The van der Waals surface area contributed by atoms with Crippen molar-refractivity contribution in [2.24, 2.45) is 0 Å². The lowest BCUT2D eigenvalue weighted by Gasteiger charge is -2.11. The molecule has 1 aromatic rings. The first kappa shape index (κ1) is 9.46. The maximum Gasteiger partial charge on any atom is 0.133 e. The molecule has 1 aliphatic heterocycles. The first-order chi connectivity index (χ1) is 6.74. The smallest absolute Gasteiger partial charge is 0.133 e. The Morgan fingerprint density at radius 1 is 1.57 bits per heavy atom. The molecule has 0 radical (unpaired) electrons. The molecule has 1 aliphatic rings. The minimum Gasteiger partial charge on any atom is -0.493 e. The number of ether oxygens (including phenoxy) is 1. The van der Waals surface area contributed by atoms with E-state index in [2.05, 4.69) is 0 Å². The van der Waals surface area contributed by atoms with Gasteiger partial charge < -0.3 is 9.84 Å². The second kappa shape index (κ2) is 3.58. The van der Waals surface area contributed by atoms with Crippen LogP contribution in [0.25, 0.3) is 0 Å². The minimum atomic E-state index is -0.207.